The number of carbonyl (C=O) groups is 8. The van der Waals surface area contributed by atoms with Crippen molar-refractivity contribution in [1.29, 1.82) is 0 Å². The third-order valence-corrected chi connectivity index (χ3v) is 27.9. The maximum absolute atomic E-state index is 13.4. The van der Waals surface area contributed by atoms with Gasteiger partial charge in [-0.25, -0.2) is 52.5 Å². The van der Waals surface area contributed by atoms with Crippen molar-refractivity contribution >= 4 is 156 Å². The summed E-state index contributed by atoms with van der Waals surface area (Å²) in [6.45, 7) is 27.1. The molecule has 0 fully saturated rings. The Morgan fingerprint density at radius 2 is 0.769 bits per heavy atom. The predicted molar refractivity (Wildman–Crippen MR) is 495 cm³/mol. The van der Waals surface area contributed by atoms with Crippen LogP contribution in [0.3, 0.4) is 0 Å². The fraction of sp³-hybridized carbons (Fsp3) is 0.179. The van der Waals surface area contributed by atoms with Crippen molar-refractivity contribution in [1.82, 2.24) is 19.7 Å². The van der Waals surface area contributed by atoms with Gasteiger partial charge in [0.1, 0.15) is 16.9 Å². The predicted octanol–water partition coefficient (Wildman–Crippen LogP) is 16.5. The minimum Gasteiger partial charge on any atom is -0.460 e. The second-order valence-electron chi connectivity index (χ2n) is 33.7. The van der Waals surface area contributed by atoms with Gasteiger partial charge >= 0.3 is 23.5 Å². The quantitative estimate of drug-likeness (QED) is 0.0168. The molecule has 9 aromatic carbocycles. The molecule has 31 nitrogen and oxygen atoms in total. The van der Waals surface area contributed by atoms with Crippen molar-refractivity contribution in [2.75, 3.05) is 30.4 Å². The van der Waals surface area contributed by atoms with Crippen LogP contribution in [0.1, 0.15) is 185 Å². The highest BCUT2D eigenvalue weighted by atomic mass is 35.5. The minimum absolute atomic E-state index is 0.00124. The second kappa shape index (κ2) is 38.1. The number of fused-ring (bicyclic) bond motifs is 4. The van der Waals surface area contributed by atoms with Crippen LogP contribution in [-0.2, 0) is 76.0 Å². The first-order valence-corrected chi connectivity index (χ1v) is 47.8. The maximum atomic E-state index is 13.4. The van der Waals surface area contributed by atoms with E-state index in [1.807, 2.05) is 62.3 Å². The van der Waals surface area contributed by atoms with E-state index >= 15 is 0 Å². The number of imide groups is 4. The number of sulfonamides is 4. The third-order valence-electron chi connectivity index (χ3n) is 21.4. The van der Waals surface area contributed by atoms with E-state index in [1.54, 1.807) is 104 Å². The Bertz CT molecular complexity index is 7330. The molecule has 0 bridgehead atoms. The lowest BCUT2D eigenvalue weighted by Gasteiger charge is -2.19. The number of carbonyl (C=O) groups excluding carboxylic acids is 8. The van der Waals surface area contributed by atoms with E-state index in [2.05, 4.69) is 28.7 Å². The van der Waals surface area contributed by atoms with E-state index in [0.29, 0.717) is 27.1 Å². The molecule has 0 aliphatic carbocycles. The number of hydrogen-bond acceptors (Lipinski definition) is 20. The van der Waals surface area contributed by atoms with Crippen LogP contribution in [0.4, 0.5) is 38.6 Å². The molecule has 4 aliphatic heterocycles. The molecule has 688 valence electrons. The molecule has 0 unspecified atom stereocenters. The highest BCUT2D eigenvalue weighted by Crippen LogP contribution is 2.42. The second-order valence-corrected chi connectivity index (χ2v) is 41.6. The molecule has 0 spiro atoms. The van der Waals surface area contributed by atoms with Crippen LogP contribution in [0.25, 0.3) is 4.85 Å². The molecule has 134 heavy (non-hydrogen) atoms. The summed E-state index contributed by atoms with van der Waals surface area (Å²) in [7, 11) is -16.3. The van der Waals surface area contributed by atoms with E-state index in [0.717, 1.165) is 65.3 Å². The fourth-order valence-corrected chi connectivity index (χ4v) is 19.4. The van der Waals surface area contributed by atoms with Gasteiger partial charge in [0.05, 0.1) is 124 Å². The summed E-state index contributed by atoms with van der Waals surface area (Å²) in [5, 5.41) is 20.0. The van der Waals surface area contributed by atoms with Crippen molar-refractivity contribution in [3.8, 4) is 5.88 Å². The largest absolute Gasteiger partial charge is 0.460 e. The monoisotopic (exact) mass is 1950 g/mol. The SMILES string of the molecule is CC(C)(C)c1ccc(S(=O)(=O)Nc2ccc(Cl)c3c2C(=O)N(Cc2cc[n+](O)cc2)C3=O)cc1.CC(C)(C)c1ccc(S(=O)(=O)Nc2ccc(Cl)c3c2C(=O)N(Cc2cccnc2)C3=O)cc1.CCOc1cccc(N2C(=O)c3c(Cl)ccc(NS(=O)(=O)c4ccc(C(C)(C)C)cc4)c3C2=O)[n+]1O.[C-]#[N+]c1cccc(CN2C(=O)c3cccc(NS(=O)(=O)c4ccc(F)cc4)c3C2=O)c1. The molecule has 7 heterocycles. The van der Waals surface area contributed by atoms with Crippen molar-refractivity contribution < 1.29 is 101 Å². The van der Waals surface area contributed by atoms with Crippen molar-refractivity contribution in [3.05, 3.63) is 353 Å². The number of hydrogen-bond donors (Lipinski definition) is 6. The molecule has 0 atom stereocenters. The summed E-state index contributed by atoms with van der Waals surface area (Å²) >= 11 is 18.7. The number of aromatic nitrogens is 3. The van der Waals surface area contributed by atoms with Gasteiger partial charge in [-0.2, -0.15) is 0 Å². The number of benzene rings is 9. The Balaban J connectivity index is 0.000000152. The maximum Gasteiger partial charge on any atom is 0.352 e. The molecule has 4 aliphatic rings. The van der Waals surface area contributed by atoms with Gasteiger partial charge in [-0.05, 0) is 183 Å². The molecule has 0 saturated carbocycles. The van der Waals surface area contributed by atoms with Gasteiger partial charge in [0, 0.05) is 41.4 Å². The Hall–Kier alpha value is -14.3. The van der Waals surface area contributed by atoms with Gasteiger partial charge in [-0.15, -0.1) is 4.90 Å². The number of amides is 8. The van der Waals surface area contributed by atoms with Crippen LogP contribution in [0.15, 0.2) is 263 Å². The summed E-state index contributed by atoms with van der Waals surface area (Å²) < 4.78 is 133. The Morgan fingerprint density at radius 1 is 0.410 bits per heavy atom. The lowest BCUT2D eigenvalue weighted by Crippen LogP contribution is -2.44. The number of pyridine rings is 3. The van der Waals surface area contributed by atoms with Crippen LogP contribution in [-0.4, -0.2) is 118 Å². The first-order chi connectivity index (χ1) is 63.0. The summed E-state index contributed by atoms with van der Waals surface area (Å²) in [6, 6.07) is 53.5. The Kier molecular flexibility index (Phi) is 27.6. The first kappa shape index (κ1) is 97.2. The zero-order valence-corrected chi connectivity index (χ0v) is 78.5. The van der Waals surface area contributed by atoms with Crippen molar-refractivity contribution in [2.24, 2.45) is 0 Å². The number of rotatable bonds is 21. The zero-order valence-electron chi connectivity index (χ0n) is 73.0. The lowest BCUT2D eigenvalue weighted by molar-refractivity contribution is -0.904. The van der Waals surface area contributed by atoms with E-state index in [9.17, 15) is 86.8 Å². The number of halogens is 4. The van der Waals surface area contributed by atoms with E-state index in [4.69, 9.17) is 46.1 Å². The molecular weight excluding hydrogens is 1870 g/mol. The van der Waals surface area contributed by atoms with Crippen LogP contribution in [0, 0.1) is 12.4 Å². The van der Waals surface area contributed by atoms with Gasteiger partial charge in [0.15, 0.2) is 5.69 Å². The third kappa shape index (κ3) is 20.5. The van der Waals surface area contributed by atoms with E-state index in [-0.39, 0.29) is 156 Å². The Labute approximate surface area is 785 Å². The lowest BCUT2D eigenvalue weighted by atomic mass is 9.87. The Morgan fingerprint density at radius 3 is 1.19 bits per heavy atom. The average Bonchev–Trinajstić information content (AvgIpc) is 1.60. The summed E-state index contributed by atoms with van der Waals surface area (Å²) in [6.07, 6.45) is 5.87. The van der Waals surface area contributed by atoms with Gasteiger partial charge in [-0.1, -0.05) is 170 Å². The number of nitrogens with one attached hydrogen (secondary N) is 4. The highest BCUT2D eigenvalue weighted by Gasteiger charge is 2.50. The molecule has 0 radical (unpaired) electrons. The molecule has 12 aromatic rings. The molecule has 6 N–H and O–H groups in total. The normalized spacial score (nSPS) is 13.6. The standard InChI is InChI=1S/C25H24ClN3O6S.C24H22ClN3O5S.C24H22ClN3O4S.C22H14FN3O4S/c1-5-35-20-8-6-7-19(29(20)32)28-23(30)21-17(26)13-14-18(22(21)24(28)31)27-36(33,34)16-11-9-15(10-12-16)25(2,3)4;1-24(2,3)16-4-6-17(7-5-16)34(32,33)26-19-9-8-18(25)20-21(19)23(30)28(22(20)29)14-15-10-12-27(31)13-11-15;1-24(2,3)16-6-8-17(9-7-16)33(31,32)27-19-11-10-18(25)20-21(19)23(30)28(22(20)29)14-15-5-4-12-26-13-15;1-24-16-5-2-4-14(12-16)13-26-21(27)18-6-3-7-19(20(18)22(26)28)25-31(29,30)17-10-8-15(23)9-11-17/h6-14H,5H2,1-4H3,(H-,27,31,32);4-13H,14H2,1-3H3,(H-,26,30,31);4-13,27H,14H2,1-3H3;2-12,25H,13H2/p+2. The highest BCUT2D eigenvalue weighted by molar-refractivity contribution is 7.93. The molecule has 39 heteroatoms. The summed E-state index contributed by atoms with van der Waals surface area (Å²) in [5.74, 6) is -6.12. The van der Waals surface area contributed by atoms with Gasteiger partial charge < -0.3 is 9.94 Å². The fourth-order valence-electron chi connectivity index (χ4n) is 14.4. The summed E-state index contributed by atoms with van der Waals surface area (Å²) in [5.41, 5.74) is 3.92. The van der Waals surface area contributed by atoms with Crippen LogP contribution in [0.2, 0.25) is 15.1 Å². The van der Waals surface area contributed by atoms with E-state index < -0.39 is 93.2 Å². The van der Waals surface area contributed by atoms with Crippen molar-refractivity contribution in [2.45, 2.75) is 125 Å². The zero-order chi connectivity index (χ0) is 97.4. The number of anilines is 5. The topological polar surface area (TPSA) is 409 Å². The minimum atomic E-state index is -4.11. The molecule has 8 amide bonds. The average molecular weight is 1950 g/mol. The number of ether oxygens (including phenoxy) is 1. The molecular formula is C95H84Cl3FN12O19S4+2. The van der Waals surface area contributed by atoms with Gasteiger partial charge in [0.2, 0.25) is 12.4 Å². The van der Waals surface area contributed by atoms with Crippen molar-refractivity contribution in [3.63, 3.8) is 0 Å². The smallest absolute Gasteiger partial charge is 0.352 e. The van der Waals surface area contributed by atoms with E-state index in [1.165, 1.54) is 122 Å². The van der Waals surface area contributed by atoms with Crippen LogP contribution in [0.5, 0.6) is 5.88 Å². The van der Waals surface area contributed by atoms with Gasteiger partial charge in [-0.3, -0.25) is 72.5 Å². The molecule has 0 saturated heterocycles. The van der Waals surface area contributed by atoms with Crippen LogP contribution >= 0.6 is 34.8 Å². The summed E-state index contributed by atoms with van der Waals surface area (Å²) in [4.78, 5) is 116. The molecule has 16 rings (SSSR count). The number of nitrogens with zero attached hydrogens (tertiary/aromatic N) is 8. The van der Waals surface area contributed by atoms with Crippen LogP contribution < -0.4 is 38.0 Å². The molecule has 3 aromatic heterocycles. The first-order valence-electron chi connectivity index (χ1n) is 40.7. The van der Waals surface area contributed by atoms with Gasteiger partial charge in [0.25, 0.3) is 75.5 Å².